The van der Waals surface area contributed by atoms with Crippen molar-refractivity contribution in [1.29, 1.82) is 0 Å². The lowest BCUT2D eigenvalue weighted by atomic mass is 10.0. The summed E-state index contributed by atoms with van der Waals surface area (Å²) in [5, 5.41) is 5.12. The van der Waals surface area contributed by atoms with E-state index in [1.165, 1.54) is 5.56 Å². The lowest BCUT2D eigenvalue weighted by Crippen LogP contribution is -2.46. The molecular formula is C22H31N3O2S. The Morgan fingerprint density at radius 2 is 2.21 bits per heavy atom. The molecule has 0 amide bonds. The molecule has 6 heteroatoms. The number of fused-ring (bicyclic) bond motifs is 1. The van der Waals surface area contributed by atoms with Gasteiger partial charge in [-0.25, -0.2) is 0 Å². The lowest BCUT2D eigenvalue weighted by Gasteiger charge is -2.29. The van der Waals surface area contributed by atoms with E-state index in [4.69, 9.17) is 17.0 Å². The van der Waals surface area contributed by atoms with Crippen molar-refractivity contribution in [3.8, 4) is 0 Å². The largest absolute Gasteiger partial charge is 0.376 e. The first kappa shape index (κ1) is 20.8. The number of nitrogens with one attached hydrogen (secondary N) is 2. The molecule has 0 bridgehead atoms. The zero-order valence-corrected chi connectivity index (χ0v) is 18.1. The molecule has 1 saturated heterocycles. The van der Waals surface area contributed by atoms with Crippen molar-refractivity contribution in [3.05, 3.63) is 45.2 Å². The molecule has 28 heavy (non-hydrogen) atoms. The van der Waals surface area contributed by atoms with E-state index < -0.39 is 0 Å². The van der Waals surface area contributed by atoms with Crippen LogP contribution in [0, 0.1) is 13.8 Å². The van der Waals surface area contributed by atoms with Gasteiger partial charge in [-0.15, -0.1) is 0 Å². The Morgan fingerprint density at radius 1 is 1.43 bits per heavy atom. The van der Waals surface area contributed by atoms with Crippen LogP contribution in [0.25, 0.3) is 10.9 Å². The number of rotatable bonds is 6. The molecule has 3 rings (SSSR count). The van der Waals surface area contributed by atoms with Crippen molar-refractivity contribution in [1.82, 2.24) is 15.2 Å². The number of benzene rings is 1. The molecular weight excluding hydrogens is 370 g/mol. The van der Waals surface area contributed by atoms with Crippen LogP contribution in [-0.4, -0.2) is 40.3 Å². The average Bonchev–Trinajstić information content (AvgIpc) is 3.18. The highest BCUT2D eigenvalue weighted by Crippen LogP contribution is 2.20. The Kier molecular flexibility index (Phi) is 6.73. The SMILES string of the molecule is CCC(C)NC(=S)N(Cc1cc2ccc(C)c(C)c2[nH]c1=O)CC1CCCO1. The molecule has 152 valence electrons. The maximum Gasteiger partial charge on any atom is 0.253 e. The Hall–Kier alpha value is -1.92. The maximum absolute atomic E-state index is 12.8. The predicted octanol–water partition coefficient (Wildman–Crippen LogP) is 3.80. The molecule has 0 radical (unpaired) electrons. The second-order valence-corrected chi connectivity index (χ2v) is 8.26. The highest BCUT2D eigenvalue weighted by atomic mass is 32.1. The van der Waals surface area contributed by atoms with Gasteiger partial charge < -0.3 is 19.9 Å². The van der Waals surface area contributed by atoms with E-state index >= 15 is 0 Å². The number of hydrogen-bond acceptors (Lipinski definition) is 3. The van der Waals surface area contributed by atoms with Crippen molar-refractivity contribution in [2.24, 2.45) is 0 Å². The van der Waals surface area contributed by atoms with Crippen LogP contribution in [0.2, 0.25) is 0 Å². The van der Waals surface area contributed by atoms with Crippen LogP contribution in [0.1, 0.15) is 49.8 Å². The van der Waals surface area contributed by atoms with Gasteiger partial charge in [-0.2, -0.15) is 0 Å². The summed E-state index contributed by atoms with van der Waals surface area (Å²) in [5.41, 5.74) is 3.88. The van der Waals surface area contributed by atoms with Gasteiger partial charge in [-0.05, 0) is 74.8 Å². The van der Waals surface area contributed by atoms with Crippen LogP contribution < -0.4 is 10.9 Å². The summed E-state index contributed by atoms with van der Waals surface area (Å²) < 4.78 is 5.82. The summed E-state index contributed by atoms with van der Waals surface area (Å²) in [4.78, 5) is 18.0. The number of aromatic amines is 1. The molecule has 5 nitrogen and oxygen atoms in total. The molecule has 2 heterocycles. The van der Waals surface area contributed by atoms with Crippen LogP contribution >= 0.6 is 12.2 Å². The minimum absolute atomic E-state index is 0.0510. The van der Waals surface area contributed by atoms with Crippen LogP contribution in [-0.2, 0) is 11.3 Å². The number of pyridine rings is 1. The third-order valence-corrected chi connectivity index (χ3v) is 6.08. The first-order chi connectivity index (χ1) is 13.4. The number of nitrogens with zero attached hydrogens (tertiary/aromatic N) is 1. The van der Waals surface area contributed by atoms with Crippen molar-refractivity contribution >= 4 is 28.2 Å². The Labute approximate surface area is 172 Å². The Balaban J connectivity index is 1.88. The molecule has 1 fully saturated rings. The minimum Gasteiger partial charge on any atom is -0.376 e. The van der Waals surface area contributed by atoms with Crippen LogP contribution in [0.15, 0.2) is 23.0 Å². The smallest absolute Gasteiger partial charge is 0.253 e. The zero-order chi connectivity index (χ0) is 20.3. The van der Waals surface area contributed by atoms with Gasteiger partial charge in [0.15, 0.2) is 5.11 Å². The summed E-state index contributed by atoms with van der Waals surface area (Å²) in [6.45, 7) is 10.3. The van der Waals surface area contributed by atoms with E-state index in [1.54, 1.807) is 0 Å². The molecule has 2 N–H and O–H groups in total. The van der Waals surface area contributed by atoms with Gasteiger partial charge >= 0.3 is 0 Å². The van der Waals surface area contributed by atoms with Crippen molar-refractivity contribution < 1.29 is 4.74 Å². The second kappa shape index (κ2) is 9.05. The van der Waals surface area contributed by atoms with Crippen molar-refractivity contribution in [2.45, 2.75) is 65.6 Å². The first-order valence-electron chi connectivity index (χ1n) is 10.2. The monoisotopic (exact) mass is 401 g/mol. The number of aryl methyl sites for hydroxylation is 2. The van der Waals surface area contributed by atoms with E-state index in [-0.39, 0.29) is 11.7 Å². The topological polar surface area (TPSA) is 57.4 Å². The van der Waals surface area contributed by atoms with Crippen molar-refractivity contribution in [3.63, 3.8) is 0 Å². The maximum atomic E-state index is 12.8. The summed E-state index contributed by atoms with van der Waals surface area (Å²) in [7, 11) is 0. The summed E-state index contributed by atoms with van der Waals surface area (Å²) in [5.74, 6) is 0. The molecule has 2 unspecified atom stereocenters. The highest BCUT2D eigenvalue weighted by molar-refractivity contribution is 7.80. The van der Waals surface area contributed by atoms with Gasteiger partial charge in [0, 0.05) is 24.8 Å². The number of ether oxygens (including phenoxy) is 1. The summed E-state index contributed by atoms with van der Waals surface area (Å²) in [6, 6.07) is 6.45. The standard InChI is InChI=1S/C22H31N3O2S/c1-5-15(3)23-22(28)25(13-19-7-6-10-27-19)12-18-11-17-9-8-14(2)16(4)20(17)24-21(18)26/h8-9,11,15,19H,5-7,10,12-13H2,1-4H3,(H,23,28)(H,24,26). The van der Waals surface area contributed by atoms with E-state index in [0.29, 0.717) is 24.2 Å². The number of hydrogen-bond donors (Lipinski definition) is 2. The van der Waals surface area contributed by atoms with Crippen LogP contribution in [0.3, 0.4) is 0 Å². The lowest BCUT2D eigenvalue weighted by molar-refractivity contribution is 0.0895. The molecule has 0 saturated carbocycles. The molecule has 0 spiro atoms. The normalized spacial score (nSPS) is 17.6. The van der Waals surface area contributed by atoms with E-state index in [2.05, 4.69) is 48.1 Å². The highest BCUT2D eigenvalue weighted by Gasteiger charge is 2.22. The van der Waals surface area contributed by atoms with Gasteiger partial charge in [0.05, 0.1) is 18.2 Å². The average molecular weight is 402 g/mol. The third-order valence-electron chi connectivity index (χ3n) is 5.71. The molecule has 1 aliphatic rings. The third kappa shape index (κ3) is 4.73. The fourth-order valence-electron chi connectivity index (χ4n) is 3.55. The summed E-state index contributed by atoms with van der Waals surface area (Å²) in [6.07, 6.45) is 3.28. The quantitative estimate of drug-likeness (QED) is 0.721. The van der Waals surface area contributed by atoms with Gasteiger partial charge in [-0.1, -0.05) is 19.1 Å². The van der Waals surface area contributed by atoms with E-state index in [0.717, 1.165) is 47.9 Å². The number of aromatic nitrogens is 1. The van der Waals surface area contributed by atoms with Gasteiger partial charge in [0.2, 0.25) is 0 Å². The molecule has 2 atom stereocenters. The first-order valence-corrected chi connectivity index (χ1v) is 10.6. The summed E-state index contributed by atoms with van der Waals surface area (Å²) >= 11 is 5.68. The van der Waals surface area contributed by atoms with Gasteiger partial charge in [-0.3, -0.25) is 4.79 Å². The number of thiocarbonyl (C=S) groups is 1. The molecule has 0 aliphatic carbocycles. The van der Waals surface area contributed by atoms with E-state index in [1.807, 2.05) is 13.0 Å². The molecule has 1 aliphatic heterocycles. The molecule has 1 aromatic heterocycles. The minimum atomic E-state index is -0.0510. The van der Waals surface area contributed by atoms with Crippen molar-refractivity contribution in [2.75, 3.05) is 13.2 Å². The second-order valence-electron chi connectivity index (χ2n) is 7.87. The van der Waals surface area contributed by atoms with Gasteiger partial charge in [0.1, 0.15) is 0 Å². The Morgan fingerprint density at radius 3 is 2.89 bits per heavy atom. The van der Waals surface area contributed by atoms with Crippen LogP contribution in [0.4, 0.5) is 0 Å². The predicted molar refractivity (Wildman–Crippen MR) is 119 cm³/mol. The van der Waals surface area contributed by atoms with Gasteiger partial charge in [0.25, 0.3) is 5.56 Å². The molecule has 1 aromatic carbocycles. The zero-order valence-electron chi connectivity index (χ0n) is 17.3. The number of H-pyrrole nitrogens is 1. The fraction of sp³-hybridized carbons (Fsp3) is 0.545. The fourth-order valence-corrected chi connectivity index (χ4v) is 3.89. The Bertz CT molecular complexity index is 903. The van der Waals surface area contributed by atoms with E-state index in [9.17, 15) is 4.79 Å². The molecule has 2 aromatic rings. The van der Waals surface area contributed by atoms with Crippen LogP contribution in [0.5, 0.6) is 0 Å².